The number of nitrogens with one attached hydrogen (secondary N) is 1. The Morgan fingerprint density at radius 2 is 1.80 bits per heavy atom. The van der Waals surface area contributed by atoms with Crippen LogP contribution in [0.1, 0.15) is 29.8 Å². The number of fused-ring (bicyclic) bond motifs is 1. The predicted octanol–water partition coefficient (Wildman–Crippen LogP) is 4.32. The van der Waals surface area contributed by atoms with E-state index in [0.717, 1.165) is 16.9 Å². The number of nitrogens with zero attached hydrogens (tertiary/aromatic N) is 2. The number of imidazole rings is 1. The molecule has 2 aromatic heterocycles. The molecule has 1 N–H and O–H groups in total. The van der Waals surface area contributed by atoms with Gasteiger partial charge in [-0.1, -0.05) is 29.8 Å². The maximum atomic E-state index is 5.47. The number of benzene rings is 1. The minimum Gasteiger partial charge on any atom is -0.329 e. The lowest BCUT2D eigenvalue weighted by atomic mass is 10.1. The van der Waals surface area contributed by atoms with E-state index in [9.17, 15) is 0 Å². The van der Waals surface area contributed by atoms with Crippen molar-refractivity contribution in [1.82, 2.24) is 14.5 Å². The zero-order valence-electron chi connectivity index (χ0n) is 11.8. The van der Waals surface area contributed by atoms with Gasteiger partial charge in [0.15, 0.2) is 10.4 Å². The second-order valence-corrected chi connectivity index (χ2v) is 5.60. The highest BCUT2D eigenvalue weighted by Gasteiger charge is 2.14. The molecule has 0 bridgehead atoms. The summed E-state index contributed by atoms with van der Waals surface area (Å²) in [6.45, 7) is 6.24. The SMILES string of the molecule is Cc1ccc(C(C)n2c(=S)[nH]c3ccc(C)nc32)cc1. The normalized spacial score (nSPS) is 12.8. The maximum Gasteiger partial charge on any atom is 0.179 e. The smallest absolute Gasteiger partial charge is 0.179 e. The van der Waals surface area contributed by atoms with Crippen LogP contribution in [0.25, 0.3) is 11.2 Å². The van der Waals surface area contributed by atoms with Crippen molar-refractivity contribution in [3.8, 4) is 0 Å². The number of hydrogen-bond donors (Lipinski definition) is 1. The summed E-state index contributed by atoms with van der Waals surface area (Å²) in [5.74, 6) is 0. The largest absolute Gasteiger partial charge is 0.329 e. The van der Waals surface area contributed by atoms with E-state index in [2.05, 4.69) is 52.6 Å². The number of rotatable bonds is 2. The highest BCUT2D eigenvalue weighted by molar-refractivity contribution is 7.71. The molecule has 0 saturated heterocycles. The summed E-state index contributed by atoms with van der Waals surface area (Å²) in [5.41, 5.74) is 5.40. The molecular formula is C16H17N3S. The van der Waals surface area contributed by atoms with Gasteiger partial charge < -0.3 is 4.98 Å². The van der Waals surface area contributed by atoms with Crippen LogP contribution in [0.2, 0.25) is 0 Å². The van der Waals surface area contributed by atoms with Crippen molar-refractivity contribution in [2.75, 3.05) is 0 Å². The monoisotopic (exact) mass is 283 g/mol. The van der Waals surface area contributed by atoms with Gasteiger partial charge in [0.1, 0.15) is 0 Å². The first-order chi connectivity index (χ1) is 9.56. The Balaban J connectivity index is 2.18. The molecule has 20 heavy (non-hydrogen) atoms. The molecule has 0 aliphatic rings. The molecule has 3 nitrogen and oxygen atoms in total. The molecule has 102 valence electrons. The van der Waals surface area contributed by atoms with Crippen molar-refractivity contribution in [2.24, 2.45) is 0 Å². The number of pyridine rings is 1. The average molecular weight is 283 g/mol. The lowest BCUT2D eigenvalue weighted by Crippen LogP contribution is -2.07. The second-order valence-electron chi connectivity index (χ2n) is 5.21. The Bertz CT molecular complexity index is 812. The Labute approximate surface area is 123 Å². The Morgan fingerprint density at radius 1 is 1.10 bits per heavy atom. The van der Waals surface area contributed by atoms with Gasteiger partial charge in [-0.25, -0.2) is 4.98 Å². The van der Waals surface area contributed by atoms with E-state index in [4.69, 9.17) is 12.2 Å². The fourth-order valence-corrected chi connectivity index (χ4v) is 2.80. The van der Waals surface area contributed by atoms with Crippen LogP contribution in [-0.2, 0) is 0 Å². The quantitative estimate of drug-likeness (QED) is 0.711. The highest BCUT2D eigenvalue weighted by Crippen LogP contribution is 2.23. The molecule has 4 heteroatoms. The van der Waals surface area contributed by atoms with Crippen molar-refractivity contribution < 1.29 is 0 Å². The summed E-state index contributed by atoms with van der Waals surface area (Å²) in [6, 6.07) is 12.7. The Hall–Kier alpha value is -1.94. The number of aryl methyl sites for hydroxylation is 2. The van der Waals surface area contributed by atoms with Gasteiger partial charge in [-0.3, -0.25) is 4.57 Å². The lowest BCUT2D eigenvalue weighted by Gasteiger charge is -2.15. The van der Waals surface area contributed by atoms with E-state index in [1.165, 1.54) is 11.1 Å². The van der Waals surface area contributed by atoms with E-state index in [0.29, 0.717) is 4.77 Å². The van der Waals surface area contributed by atoms with Crippen molar-refractivity contribution in [1.29, 1.82) is 0 Å². The molecule has 0 aliphatic heterocycles. The van der Waals surface area contributed by atoms with Crippen LogP contribution in [0.3, 0.4) is 0 Å². The van der Waals surface area contributed by atoms with Crippen molar-refractivity contribution in [3.63, 3.8) is 0 Å². The molecule has 0 saturated carbocycles. The van der Waals surface area contributed by atoms with Gasteiger partial charge in [-0.15, -0.1) is 0 Å². The summed E-state index contributed by atoms with van der Waals surface area (Å²) >= 11 is 5.47. The molecule has 0 spiro atoms. The van der Waals surface area contributed by atoms with E-state index < -0.39 is 0 Å². The molecule has 0 fully saturated rings. The van der Waals surface area contributed by atoms with Crippen LogP contribution in [0.5, 0.6) is 0 Å². The van der Waals surface area contributed by atoms with Crippen molar-refractivity contribution in [2.45, 2.75) is 26.8 Å². The molecule has 1 aromatic carbocycles. The molecule has 3 rings (SSSR count). The van der Waals surface area contributed by atoms with Gasteiger partial charge in [0.05, 0.1) is 11.6 Å². The molecule has 1 unspecified atom stereocenters. The van der Waals surface area contributed by atoms with Crippen LogP contribution in [0.15, 0.2) is 36.4 Å². The fourth-order valence-electron chi connectivity index (χ4n) is 2.45. The molecule has 2 heterocycles. The van der Waals surface area contributed by atoms with E-state index in [-0.39, 0.29) is 6.04 Å². The van der Waals surface area contributed by atoms with E-state index >= 15 is 0 Å². The van der Waals surface area contributed by atoms with Crippen LogP contribution in [0, 0.1) is 18.6 Å². The molecule has 1 atom stereocenters. The number of hydrogen-bond acceptors (Lipinski definition) is 2. The van der Waals surface area contributed by atoms with Gasteiger partial charge in [0.25, 0.3) is 0 Å². The first-order valence-corrected chi connectivity index (χ1v) is 7.11. The molecule has 0 amide bonds. The minimum absolute atomic E-state index is 0.158. The van der Waals surface area contributed by atoms with Crippen molar-refractivity contribution >= 4 is 23.4 Å². The topological polar surface area (TPSA) is 33.6 Å². The number of aromatic nitrogens is 3. The van der Waals surface area contributed by atoms with Gasteiger partial charge in [-0.2, -0.15) is 0 Å². The molecular weight excluding hydrogens is 266 g/mol. The van der Waals surface area contributed by atoms with E-state index in [1.54, 1.807) is 0 Å². The summed E-state index contributed by atoms with van der Waals surface area (Å²) < 4.78 is 2.80. The molecule has 0 aliphatic carbocycles. The summed E-state index contributed by atoms with van der Waals surface area (Å²) in [4.78, 5) is 7.86. The number of aromatic amines is 1. The summed E-state index contributed by atoms with van der Waals surface area (Å²) in [6.07, 6.45) is 0. The van der Waals surface area contributed by atoms with Crippen LogP contribution in [0.4, 0.5) is 0 Å². The second kappa shape index (κ2) is 4.87. The van der Waals surface area contributed by atoms with Gasteiger partial charge in [0.2, 0.25) is 0 Å². The van der Waals surface area contributed by atoms with Gasteiger partial charge >= 0.3 is 0 Å². The van der Waals surface area contributed by atoms with Crippen molar-refractivity contribution in [3.05, 3.63) is 58.0 Å². The van der Waals surface area contributed by atoms with Gasteiger partial charge in [0, 0.05) is 5.69 Å². The maximum absolute atomic E-state index is 5.47. The third-order valence-corrected chi connectivity index (χ3v) is 3.95. The zero-order valence-corrected chi connectivity index (χ0v) is 12.7. The standard InChI is InChI=1S/C16H17N3S/c1-10-4-7-13(8-5-10)12(3)19-15-14(18-16(19)20)9-6-11(2)17-15/h4-9,12H,1-3H3,(H,18,20). The Morgan fingerprint density at radius 3 is 2.50 bits per heavy atom. The molecule has 3 aromatic rings. The Kier molecular flexibility index (Phi) is 3.18. The predicted molar refractivity (Wildman–Crippen MR) is 84.6 cm³/mol. The first kappa shape index (κ1) is 13.1. The third-order valence-electron chi connectivity index (χ3n) is 3.65. The molecule has 0 radical (unpaired) electrons. The van der Waals surface area contributed by atoms with E-state index in [1.807, 2.05) is 19.1 Å². The summed E-state index contributed by atoms with van der Waals surface area (Å²) in [5, 5.41) is 0. The van der Waals surface area contributed by atoms with Gasteiger partial charge in [-0.05, 0) is 50.7 Å². The number of H-pyrrole nitrogens is 1. The lowest BCUT2D eigenvalue weighted by molar-refractivity contribution is 0.643. The minimum atomic E-state index is 0.158. The summed E-state index contributed by atoms with van der Waals surface area (Å²) in [7, 11) is 0. The third kappa shape index (κ3) is 2.16. The average Bonchev–Trinajstić information content (AvgIpc) is 2.74. The zero-order chi connectivity index (χ0) is 14.3. The van der Waals surface area contributed by atoms with Crippen LogP contribution in [-0.4, -0.2) is 14.5 Å². The van der Waals surface area contributed by atoms with Crippen LogP contribution >= 0.6 is 12.2 Å². The highest BCUT2D eigenvalue weighted by atomic mass is 32.1. The first-order valence-electron chi connectivity index (χ1n) is 6.70. The fraction of sp³-hybridized carbons (Fsp3) is 0.250. The van der Waals surface area contributed by atoms with Crippen LogP contribution < -0.4 is 0 Å².